The number of hydrogen-bond acceptors (Lipinski definition) is 3. The van der Waals surface area contributed by atoms with E-state index in [1.807, 2.05) is 17.6 Å². The predicted molar refractivity (Wildman–Crippen MR) is 64.8 cm³/mol. The number of nitrogens with zero attached hydrogens (tertiary/aromatic N) is 3. The third-order valence-electron chi connectivity index (χ3n) is 2.58. The van der Waals surface area contributed by atoms with Crippen molar-refractivity contribution in [2.75, 3.05) is 5.73 Å². The fourth-order valence-corrected chi connectivity index (χ4v) is 1.57. The van der Waals surface area contributed by atoms with Gasteiger partial charge in [0.05, 0.1) is 24.3 Å². The highest BCUT2D eigenvalue weighted by molar-refractivity contribution is 5.72. The van der Waals surface area contributed by atoms with E-state index < -0.39 is 0 Å². The van der Waals surface area contributed by atoms with E-state index in [-0.39, 0.29) is 6.04 Å². The lowest BCUT2D eigenvalue weighted by Gasteiger charge is -2.13. The largest absolute Gasteiger partial charge is 0.398 e. The van der Waals surface area contributed by atoms with Crippen LogP contribution in [0.5, 0.6) is 0 Å². The molecule has 0 radical (unpaired) electrons. The highest BCUT2D eigenvalue weighted by Crippen LogP contribution is 2.26. The number of nitrogen functional groups attached to an aromatic ring is 1. The van der Waals surface area contributed by atoms with Crippen LogP contribution in [0.4, 0.5) is 5.69 Å². The lowest BCUT2D eigenvalue weighted by Crippen LogP contribution is -2.03. The molecule has 2 aromatic heterocycles. The molecule has 2 rings (SSSR count). The van der Waals surface area contributed by atoms with Crippen molar-refractivity contribution in [3.05, 3.63) is 43.6 Å². The van der Waals surface area contributed by atoms with Crippen molar-refractivity contribution in [3.8, 4) is 11.3 Å². The molecular formula is C12H14N4. The van der Waals surface area contributed by atoms with Gasteiger partial charge >= 0.3 is 0 Å². The lowest BCUT2D eigenvalue weighted by molar-refractivity contribution is 0.668. The number of aromatic nitrogens is 3. The standard InChI is InChI=1S/C12H14N4/c1-3-9(2)16-8-15-7-12(16)10-6-14-5-4-11(10)13/h3-9H,1H2,2H3,(H2,13,14). The first-order valence-corrected chi connectivity index (χ1v) is 5.08. The van der Waals surface area contributed by atoms with E-state index in [1.165, 1.54) is 0 Å². The summed E-state index contributed by atoms with van der Waals surface area (Å²) in [6.07, 6.45) is 8.84. The topological polar surface area (TPSA) is 56.7 Å². The van der Waals surface area contributed by atoms with Gasteiger partial charge in [-0.25, -0.2) is 4.98 Å². The summed E-state index contributed by atoms with van der Waals surface area (Å²) in [5, 5.41) is 0. The molecule has 0 spiro atoms. The molecule has 0 saturated heterocycles. The molecule has 0 fully saturated rings. The molecule has 2 aromatic rings. The van der Waals surface area contributed by atoms with Crippen LogP contribution in [0.25, 0.3) is 11.3 Å². The molecule has 82 valence electrons. The monoisotopic (exact) mass is 214 g/mol. The Morgan fingerprint density at radius 1 is 1.44 bits per heavy atom. The van der Waals surface area contributed by atoms with Crippen molar-refractivity contribution in [2.45, 2.75) is 13.0 Å². The van der Waals surface area contributed by atoms with Gasteiger partial charge in [-0.05, 0) is 13.0 Å². The van der Waals surface area contributed by atoms with Crippen LogP contribution in [-0.4, -0.2) is 14.5 Å². The van der Waals surface area contributed by atoms with Crippen LogP contribution in [0.15, 0.2) is 43.6 Å². The molecule has 0 amide bonds. The molecule has 1 unspecified atom stereocenters. The Labute approximate surface area is 94.5 Å². The zero-order valence-corrected chi connectivity index (χ0v) is 9.17. The molecule has 1 atom stereocenters. The fourth-order valence-electron chi connectivity index (χ4n) is 1.57. The molecule has 0 aliphatic heterocycles. The van der Waals surface area contributed by atoms with Crippen LogP contribution in [0, 0.1) is 0 Å². The summed E-state index contributed by atoms with van der Waals surface area (Å²) in [5.41, 5.74) is 8.47. The Balaban J connectivity index is 2.53. The second-order valence-corrected chi connectivity index (χ2v) is 3.63. The minimum atomic E-state index is 0.178. The molecule has 0 saturated carbocycles. The van der Waals surface area contributed by atoms with Crippen molar-refractivity contribution in [3.63, 3.8) is 0 Å². The summed E-state index contributed by atoms with van der Waals surface area (Å²) in [4.78, 5) is 8.22. The maximum absolute atomic E-state index is 5.92. The van der Waals surface area contributed by atoms with Gasteiger partial charge in [-0.3, -0.25) is 4.98 Å². The molecule has 0 aliphatic rings. The predicted octanol–water partition coefficient (Wildman–Crippen LogP) is 2.27. The van der Waals surface area contributed by atoms with Gasteiger partial charge in [-0.1, -0.05) is 6.08 Å². The smallest absolute Gasteiger partial charge is 0.0956 e. The van der Waals surface area contributed by atoms with Crippen LogP contribution in [0.1, 0.15) is 13.0 Å². The van der Waals surface area contributed by atoms with Crippen molar-refractivity contribution >= 4 is 5.69 Å². The summed E-state index contributed by atoms with van der Waals surface area (Å²) in [6.45, 7) is 5.82. The summed E-state index contributed by atoms with van der Waals surface area (Å²) < 4.78 is 2.01. The molecular weight excluding hydrogens is 200 g/mol. The van der Waals surface area contributed by atoms with E-state index in [1.54, 1.807) is 31.0 Å². The first kappa shape index (κ1) is 10.4. The van der Waals surface area contributed by atoms with Crippen molar-refractivity contribution in [2.24, 2.45) is 0 Å². The molecule has 16 heavy (non-hydrogen) atoms. The van der Waals surface area contributed by atoms with Crippen LogP contribution in [-0.2, 0) is 0 Å². The first-order chi connectivity index (χ1) is 7.74. The van der Waals surface area contributed by atoms with Gasteiger partial charge in [-0.2, -0.15) is 0 Å². The molecule has 0 bridgehead atoms. The van der Waals surface area contributed by atoms with Gasteiger partial charge in [0.1, 0.15) is 0 Å². The van der Waals surface area contributed by atoms with Gasteiger partial charge in [0.15, 0.2) is 0 Å². The van der Waals surface area contributed by atoms with Gasteiger partial charge < -0.3 is 10.3 Å². The fraction of sp³-hybridized carbons (Fsp3) is 0.167. The molecule has 2 N–H and O–H groups in total. The number of nitrogens with two attached hydrogens (primary N) is 1. The Morgan fingerprint density at radius 3 is 2.94 bits per heavy atom. The van der Waals surface area contributed by atoms with Gasteiger partial charge in [0.2, 0.25) is 0 Å². The van der Waals surface area contributed by atoms with E-state index in [0.717, 1.165) is 11.3 Å². The first-order valence-electron chi connectivity index (χ1n) is 5.08. The van der Waals surface area contributed by atoms with E-state index in [4.69, 9.17) is 5.73 Å². The average molecular weight is 214 g/mol. The zero-order chi connectivity index (χ0) is 11.5. The summed E-state index contributed by atoms with van der Waals surface area (Å²) in [6, 6.07) is 1.96. The van der Waals surface area contributed by atoms with Crippen molar-refractivity contribution in [1.29, 1.82) is 0 Å². The Bertz CT molecular complexity index is 501. The average Bonchev–Trinajstić information content (AvgIpc) is 2.77. The second-order valence-electron chi connectivity index (χ2n) is 3.63. The normalized spacial score (nSPS) is 12.3. The maximum Gasteiger partial charge on any atom is 0.0956 e. The Kier molecular flexibility index (Phi) is 2.72. The Hall–Kier alpha value is -2.10. The number of imidazole rings is 1. The highest BCUT2D eigenvalue weighted by Gasteiger charge is 2.10. The number of allylic oxidation sites excluding steroid dienone is 1. The molecule has 0 aromatic carbocycles. The number of hydrogen-bond donors (Lipinski definition) is 1. The van der Waals surface area contributed by atoms with Gasteiger partial charge in [-0.15, -0.1) is 6.58 Å². The van der Waals surface area contributed by atoms with E-state index in [9.17, 15) is 0 Å². The Morgan fingerprint density at radius 2 is 2.25 bits per heavy atom. The maximum atomic E-state index is 5.92. The molecule has 4 heteroatoms. The van der Waals surface area contributed by atoms with Gasteiger partial charge in [0.25, 0.3) is 0 Å². The van der Waals surface area contributed by atoms with Gasteiger partial charge in [0, 0.05) is 23.6 Å². The van der Waals surface area contributed by atoms with Crippen LogP contribution < -0.4 is 5.73 Å². The number of anilines is 1. The second kappa shape index (κ2) is 4.18. The lowest BCUT2D eigenvalue weighted by atomic mass is 10.1. The number of rotatable bonds is 3. The quantitative estimate of drug-likeness (QED) is 0.797. The van der Waals surface area contributed by atoms with Crippen molar-refractivity contribution < 1.29 is 0 Å². The number of pyridine rings is 1. The summed E-state index contributed by atoms with van der Waals surface area (Å²) in [5.74, 6) is 0. The van der Waals surface area contributed by atoms with Crippen LogP contribution >= 0.6 is 0 Å². The summed E-state index contributed by atoms with van der Waals surface area (Å²) >= 11 is 0. The highest BCUT2D eigenvalue weighted by atomic mass is 15.1. The van der Waals surface area contributed by atoms with Crippen LogP contribution in [0.3, 0.4) is 0 Å². The third-order valence-corrected chi connectivity index (χ3v) is 2.58. The minimum absolute atomic E-state index is 0.178. The molecule has 4 nitrogen and oxygen atoms in total. The van der Waals surface area contributed by atoms with E-state index in [2.05, 4.69) is 16.5 Å². The zero-order valence-electron chi connectivity index (χ0n) is 9.17. The van der Waals surface area contributed by atoms with Crippen LogP contribution in [0.2, 0.25) is 0 Å². The third kappa shape index (κ3) is 1.69. The SMILES string of the molecule is C=CC(C)n1cncc1-c1cnccc1N. The van der Waals surface area contributed by atoms with E-state index in [0.29, 0.717) is 5.69 Å². The van der Waals surface area contributed by atoms with Crippen molar-refractivity contribution in [1.82, 2.24) is 14.5 Å². The summed E-state index contributed by atoms with van der Waals surface area (Å²) in [7, 11) is 0. The molecule has 0 aliphatic carbocycles. The minimum Gasteiger partial charge on any atom is -0.398 e. The van der Waals surface area contributed by atoms with E-state index >= 15 is 0 Å². The molecule has 2 heterocycles.